The van der Waals surface area contributed by atoms with Gasteiger partial charge in [-0.2, -0.15) is 4.99 Å². The number of benzene rings is 15. The van der Waals surface area contributed by atoms with Crippen molar-refractivity contribution in [1.82, 2.24) is 9.13 Å². The lowest BCUT2D eigenvalue weighted by molar-refractivity contribution is -0.114. The summed E-state index contributed by atoms with van der Waals surface area (Å²) >= 11 is 8.09. The number of carbonyl (C=O) groups is 5. The predicted octanol–water partition coefficient (Wildman–Crippen LogP) is 25.3. The number of ether oxygens (including phenoxy) is 3. The van der Waals surface area contributed by atoms with Crippen molar-refractivity contribution in [3.05, 3.63) is 490 Å². The van der Waals surface area contributed by atoms with Crippen molar-refractivity contribution in [1.29, 1.82) is 0 Å². The number of aromatic hydroxyl groups is 1. The molecule has 17 aromatic rings. The number of methoxy groups -OCH3 is 1. The summed E-state index contributed by atoms with van der Waals surface area (Å²) in [6, 6.07) is 131. The van der Waals surface area contributed by atoms with Gasteiger partial charge < -0.3 is 29.2 Å². The first-order chi connectivity index (χ1) is 71.6. The molecule has 23 nitrogen and oxygen atoms in total. The molecular weight excluding hydrogens is 1940 g/mol. The molecule has 4 saturated heterocycles. The van der Waals surface area contributed by atoms with Crippen LogP contribution in [0.1, 0.15) is 32.7 Å². The number of aliphatic imine (C=N–C) groups is 4. The molecular formula is C117H87N13O10S6. The minimum Gasteiger partial charge on any atom is -0.493 e. The number of rotatable bonds is 17. The van der Waals surface area contributed by atoms with Gasteiger partial charge in [0.2, 0.25) is 5.88 Å². The lowest BCUT2D eigenvalue weighted by atomic mass is 10.1. The Hall–Kier alpha value is -17.2. The Balaban J connectivity index is 0.000000115. The summed E-state index contributed by atoms with van der Waals surface area (Å²) in [5.74, 6) is 1.18. The molecule has 29 heteroatoms. The average Bonchev–Trinajstić information content (AvgIpc) is 1.65. The molecule has 6 aliphatic heterocycles. The quantitative estimate of drug-likeness (QED) is 0.0804. The third-order valence-corrected chi connectivity index (χ3v) is 28.3. The molecule has 2 N–H and O–H groups in total. The highest BCUT2D eigenvalue weighted by Crippen LogP contribution is 2.44. The molecule has 6 amide bonds. The molecule has 0 spiro atoms. The average molecular weight is 2030 g/mol. The van der Waals surface area contributed by atoms with E-state index >= 15 is 0 Å². The Bertz CT molecular complexity index is 8250. The normalized spacial score (nSPS) is 16.5. The van der Waals surface area contributed by atoms with E-state index in [0.717, 1.165) is 106 Å². The Morgan fingerprint density at radius 1 is 0.363 bits per heavy atom. The van der Waals surface area contributed by atoms with E-state index in [1.807, 2.05) is 437 Å². The second-order valence-corrected chi connectivity index (χ2v) is 38.6. The van der Waals surface area contributed by atoms with Crippen molar-refractivity contribution >= 4 is 218 Å². The second-order valence-electron chi connectivity index (χ2n) is 32.6. The molecule has 8 heterocycles. The lowest BCUT2D eigenvalue weighted by Crippen LogP contribution is -2.28. The number of nitrogens with zero attached hydrogens (tertiary/aromatic N) is 12. The summed E-state index contributed by atoms with van der Waals surface area (Å²) in [6.07, 6.45) is 9.43. The molecule has 0 bridgehead atoms. The van der Waals surface area contributed by atoms with Crippen molar-refractivity contribution in [3.63, 3.8) is 0 Å². The molecule has 146 heavy (non-hydrogen) atoms. The number of hydrogen-bond acceptors (Lipinski definition) is 21. The van der Waals surface area contributed by atoms with Crippen molar-refractivity contribution in [3.8, 4) is 23.1 Å². The van der Waals surface area contributed by atoms with Crippen LogP contribution in [-0.2, 0) is 37.6 Å². The van der Waals surface area contributed by atoms with Crippen LogP contribution in [0.2, 0.25) is 0 Å². The van der Waals surface area contributed by atoms with Gasteiger partial charge in [0.1, 0.15) is 13.2 Å². The number of amides is 6. The number of thiazole rings is 2. The summed E-state index contributed by atoms with van der Waals surface area (Å²) in [6.45, 7) is 1.61. The van der Waals surface area contributed by atoms with E-state index < -0.39 is 0 Å². The van der Waals surface area contributed by atoms with Crippen LogP contribution in [-0.4, -0.2) is 84.9 Å². The van der Waals surface area contributed by atoms with E-state index in [1.165, 1.54) is 69.7 Å². The Morgan fingerprint density at radius 3 is 1.15 bits per heavy atom. The van der Waals surface area contributed by atoms with Crippen molar-refractivity contribution < 1.29 is 43.3 Å². The summed E-state index contributed by atoms with van der Waals surface area (Å²) in [7, 11) is 3.44. The zero-order chi connectivity index (χ0) is 100. The monoisotopic (exact) mass is 2030 g/mol. The van der Waals surface area contributed by atoms with E-state index in [-0.39, 0.29) is 40.4 Å². The molecule has 2 aromatic heterocycles. The maximum absolute atomic E-state index is 13.3. The summed E-state index contributed by atoms with van der Waals surface area (Å²) in [5.41, 5.74) is 14.4. The fourth-order valence-electron chi connectivity index (χ4n) is 15.6. The molecule has 15 aromatic carbocycles. The van der Waals surface area contributed by atoms with Crippen LogP contribution in [0.15, 0.2) is 467 Å². The number of amidine groups is 4. The van der Waals surface area contributed by atoms with Crippen LogP contribution in [0.4, 0.5) is 61.7 Å². The number of carbonyl (C=O) groups excluding carboxylic acids is 5. The number of para-hydroxylation sites is 10. The van der Waals surface area contributed by atoms with Crippen LogP contribution in [0.5, 0.6) is 17.4 Å². The van der Waals surface area contributed by atoms with Crippen molar-refractivity contribution in [2.75, 3.05) is 45.2 Å². The predicted molar refractivity (Wildman–Crippen MR) is 597 cm³/mol. The number of anilines is 5. The minimum absolute atomic E-state index is 0.00125. The molecule has 23 rings (SSSR count). The Kier molecular flexibility index (Phi) is 31.2. The van der Waals surface area contributed by atoms with Gasteiger partial charge in [-0.3, -0.25) is 48.1 Å². The number of thioether (sulfide) groups is 4. The highest BCUT2D eigenvalue weighted by atomic mass is 32.2. The van der Waals surface area contributed by atoms with Gasteiger partial charge in [-0.1, -0.05) is 271 Å². The highest BCUT2D eigenvalue weighted by Gasteiger charge is 2.39. The number of urea groups is 1. The minimum atomic E-state index is -0.369. The van der Waals surface area contributed by atoms with Crippen LogP contribution in [0, 0.1) is 0 Å². The SMILES string of the molecule is COCc1cccc(/C=C2\SC(=Nc3ccccc3)N(c3ccccc3)C2=O)c1.Cn1c(=O)sc2cc(/C=C3\SC(=Nc4ccccc4)N(c4ccccc4)C3=O)ccc21.O=C1/C(=C/c2ccc3c(c2)OCCO3)SC(=Nc2ccccc2)N1c1ccccc1.O=C1/C(=C/c2ccccc2)SC(=Nc2ccccc2)N1c1ccccc1.O=C1N=c2ccc(=Cc3sc(=Nc4ccccc4)n(-c4ccccc4)c3O)cc2N1. The standard InChI is InChI=1S/C24H17N3O2S2.C24H18N2O3S.C24H20N2O2S.C23H16N4O2S.C22H16N2OS/c1-26-19-13-12-16(14-20(19)31-24(26)29)15-21-22(28)27(18-10-6-3-7-11-18)23(30-21)25-17-8-4-2-5-9-17;27-23-22(16-17-11-12-20-21(15-17)29-14-13-28-20)30-24(25-18-7-3-1-4-8-18)26(23)19-9-5-2-6-10-19;1-28-17-19-10-8-9-18(15-19)16-22-23(27)26(21-13-6-3-7-14-21)24(29-22)25-20-11-4-2-5-12-20;28-21-20(14-15-11-12-18-19(13-15)26-22(29)25-18)30-23(24-16-7-3-1-4-8-16)27(21)17-9-5-2-6-10-17;25-21-20(16-17-10-4-1-5-11-17)26-22(23-18-12-6-2-7-13-18)24(21)19-14-8-3-9-15-19/h2-15H,1H3;1-12,15-16H,13-14H2;2-16H,17H2,1H3;1-14,28H,(H,26,29);1-16H/b21-15-,25-23?;2*22-16-,25-24?;;20-16-,23-22?. The number of fused-ring (bicyclic) bond motifs is 3. The van der Waals surface area contributed by atoms with E-state index in [0.29, 0.717) is 86.6 Å². The van der Waals surface area contributed by atoms with Crippen LogP contribution >= 0.6 is 69.7 Å². The zero-order valence-electron chi connectivity index (χ0n) is 78.2. The van der Waals surface area contributed by atoms with E-state index in [2.05, 4.69) is 10.3 Å². The van der Waals surface area contributed by atoms with E-state index in [1.54, 1.807) is 49.0 Å². The number of nitrogens with one attached hydrogen (secondary N) is 1. The molecule has 0 radical (unpaired) electrons. The summed E-state index contributed by atoms with van der Waals surface area (Å²) in [5, 5.41) is 17.7. The number of aromatic nitrogens is 2. The maximum atomic E-state index is 13.3. The molecule has 4 fully saturated rings. The molecule has 0 atom stereocenters. The van der Waals surface area contributed by atoms with Gasteiger partial charge in [0.25, 0.3) is 23.6 Å². The molecule has 6 aliphatic rings. The van der Waals surface area contributed by atoms with Gasteiger partial charge in [-0.05, 0) is 274 Å². The largest absolute Gasteiger partial charge is 0.493 e. The van der Waals surface area contributed by atoms with E-state index in [9.17, 15) is 33.9 Å². The Morgan fingerprint density at radius 2 is 0.726 bits per heavy atom. The van der Waals surface area contributed by atoms with Crippen molar-refractivity contribution in [2.45, 2.75) is 6.61 Å². The van der Waals surface area contributed by atoms with Gasteiger partial charge >= 0.3 is 10.9 Å². The third-order valence-electron chi connectivity index (χ3n) is 22.4. The molecule has 0 aliphatic carbocycles. The second kappa shape index (κ2) is 46.7. The summed E-state index contributed by atoms with van der Waals surface area (Å²) < 4.78 is 20.7. The van der Waals surface area contributed by atoms with Crippen molar-refractivity contribution in [2.24, 2.45) is 37.0 Å². The first-order valence-corrected chi connectivity index (χ1v) is 51.0. The van der Waals surface area contributed by atoms with Crippen LogP contribution in [0.3, 0.4) is 0 Å². The van der Waals surface area contributed by atoms with Gasteiger partial charge in [0.15, 0.2) is 37.0 Å². The summed E-state index contributed by atoms with van der Waals surface area (Å²) in [4.78, 5) is 114. The third kappa shape index (κ3) is 23.9. The first-order valence-electron chi connectivity index (χ1n) is 46.1. The molecule has 0 unspecified atom stereocenters. The van der Waals surface area contributed by atoms with Gasteiger partial charge in [0.05, 0.1) is 109 Å². The fourth-order valence-corrected chi connectivity index (χ4v) is 21.5. The first kappa shape index (κ1) is 97.7. The van der Waals surface area contributed by atoms with Crippen LogP contribution in [0.25, 0.3) is 46.3 Å². The van der Waals surface area contributed by atoms with E-state index in [4.69, 9.17) is 39.2 Å². The smallest absolute Gasteiger partial charge is 0.346 e. The number of aryl methyl sites for hydroxylation is 1. The maximum Gasteiger partial charge on any atom is 0.346 e. The fraction of sp³-hybridized carbons (Fsp3) is 0.0427. The van der Waals surface area contributed by atoms with Gasteiger partial charge in [-0.25, -0.2) is 29.8 Å². The van der Waals surface area contributed by atoms with Gasteiger partial charge in [0, 0.05) is 14.2 Å². The number of hydrogen-bond donors (Lipinski definition) is 2. The molecule has 0 saturated carbocycles. The van der Waals surface area contributed by atoms with Crippen LogP contribution < -0.4 is 54.6 Å². The Labute approximate surface area is 865 Å². The lowest BCUT2D eigenvalue weighted by Gasteiger charge is -2.18. The topological polar surface area (TPSA) is 259 Å². The highest BCUT2D eigenvalue weighted by molar-refractivity contribution is 8.20. The van der Waals surface area contributed by atoms with Gasteiger partial charge in [-0.15, -0.1) is 0 Å². The zero-order valence-corrected chi connectivity index (χ0v) is 83.1. The molecule has 716 valence electrons.